The van der Waals surface area contributed by atoms with Crippen molar-refractivity contribution in [1.29, 1.82) is 0 Å². The van der Waals surface area contributed by atoms with Gasteiger partial charge in [0, 0.05) is 32.9 Å². The highest BCUT2D eigenvalue weighted by Gasteiger charge is 2.34. The number of ether oxygens (including phenoxy) is 1. The van der Waals surface area contributed by atoms with Crippen LogP contribution in [0.2, 0.25) is 0 Å². The number of anilines is 1. The van der Waals surface area contributed by atoms with Gasteiger partial charge in [0.1, 0.15) is 4.90 Å². The Morgan fingerprint density at radius 2 is 1.92 bits per heavy atom. The Morgan fingerprint density at radius 3 is 2.48 bits per heavy atom. The molecule has 1 atom stereocenters. The molecule has 3 rings (SSSR count). The summed E-state index contributed by atoms with van der Waals surface area (Å²) in [5.74, 6) is 0. The Labute approximate surface area is 148 Å². The molecule has 1 aromatic heterocycles. The van der Waals surface area contributed by atoms with Crippen LogP contribution in [0.25, 0.3) is 0 Å². The third-order valence-electron chi connectivity index (χ3n) is 4.47. The summed E-state index contributed by atoms with van der Waals surface area (Å²) in [6.45, 7) is 4.45. The zero-order chi connectivity index (χ0) is 18.2. The number of hydrogen-bond acceptors (Lipinski definition) is 5. The molecule has 2 aromatic rings. The molecule has 0 radical (unpaired) electrons. The number of rotatable bonds is 4. The van der Waals surface area contributed by atoms with Crippen LogP contribution in [-0.2, 0) is 14.8 Å². The van der Waals surface area contributed by atoms with Crippen LogP contribution in [0.1, 0.15) is 23.1 Å². The number of hydrogen-bond donors (Lipinski definition) is 1. The minimum absolute atomic E-state index is 0.271. The van der Waals surface area contributed by atoms with Crippen molar-refractivity contribution < 1.29 is 13.2 Å². The van der Waals surface area contributed by atoms with Gasteiger partial charge in [0.05, 0.1) is 24.1 Å². The molecular weight excluding hydrogens is 340 g/mol. The quantitative estimate of drug-likeness (QED) is 0.896. The van der Waals surface area contributed by atoms with Gasteiger partial charge in [-0.05, 0) is 31.5 Å². The van der Waals surface area contributed by atoms with E-state index < -0.39 is 10.0 Å². The Kier molecular flexibility index (Phi) is 4.86. The van der Waals surface area contributed by atoms with E-state index in [0.29, 0.717) is 31.1 Å². The fourth-order valence-corrected chi connectivity index (χ4v) is 4.84. The van der Waals surface area contributed by atoms with E-state index in [1.165, 1.54) is 4.31 Å². The number of sulfonamides is 1. The van der Waals surface area contributed by atoms with Gasteiger partial charge in [-0.1, -0.05) is 12.1 Å². The topological polar surface area (TPSA) is 78.5 Å². The van der Waals surface area contributed by atoms with Crippen molar-refractivity contribution >= 4 is 15.7 Å². The normalized spacial score (nSPS) is 19.1. The van der Waals surface area contributed by atoms with Gasteiger partial charge in [-0.15, -0.1) is 0 Å². The van der Waals surface area contributed by atoms with Crippen LogP contribution in [0.5, 0.6) is 0 Å². The largest absolute Gasteiger partial charge is 0.378 e. The molecule has 136 valence electrons. The second-order valence-electron chi connectivity index (χ2n) is 6.47. The first kappa shape index (κ1) is 17.9. The molecule has 1 aliphatic heterocycles. The predicted octanol–water partition coefficient (Wildman–Crippen LogP) is 1.85. The van der Waals surface area contributed by atoms with E-state index in [1.807, 2.05) is 43.3 Å². The highest BCUT2D eigenvalue weighted by molar-refractivity contribution is 7.89. The van der Waals surface area contributed by atoms with Crippen LogP contribution in [0.15, 0.2) is 29.2 Å². The maximum Gasteiger partial charge on any atom is 0.246 e. The lowest BCUT2D eigenvalue weighted by atomic mass is 10.1. The van der Waals surface area contributed by atoms with E-state index in [2.05, 4.69) is 10.2 Å². The maximum atomic E-state index is 13.0. The van der Waals surface area contributed by atoms with Crippen molar-refractivity contribution in [2.45, 2.75) is 24.8 Å². The van der Waals surface area contributed by atoms with Crippen molar-refractivity contribution in [2.24, 2.45) is 0 Å². The van der Waals surface area contributed by atoms with Crippen molar-refractivity contribution in [3.05, 3.63) is 41.2 Å². The van der Waals surface area contributed by atoms with E-state index in [4.69, 9.17) is 4.74 Å². The van der Waals surface area contributed by atoms with E-state index in [1.54, 1.807) is 13.8 Å². The average molecular weight is 364 g/mol. The lowest BCUT2D eigenvalue weighted by molar-refractivity contribution is -0.00256. The highest BCUT2D eigenvalue weighted by atomic mass is 32.2. The number of H-pyrrole nitrogens is 1. The molecule has 2 heterocycles. The standard InChI is InChI=1S/C17H24N4O3S/c1-12-17(13(2)19-18-12)25(22,23)21-9-10-24-16(11-21)14-5-7-15(8-6-14)20(3)4/h5-8,16H,9-11H2,1-4H3,(H,18,19). The van der Waals surface area contributed by atoms with Gasteiger partial charge >= 0.3 is 0 Å². The van der Waals surface area contributed by atoms with Crippen molar-refractivity contribution in [2.75, 3.05) is 38.7 Å². The Balaban J connectivity index is 1.83. The highest BCUT2D eigenvalue weighted by Crippen LogP contribution is 2.29. The molecule has 0 spiro atoms. The summed E-state index contributed by atoms with van der Waals surface area (Å²) in [6.07, 6.45) is -0.271. The summed E-state index contributed by atoms with van der Waals surface area (Å²) in [7, 11) is 0.373. The van der Waals surface area contributed by atoms with Crippen LogP contribution in [0.3, 0.4) is 0 Å². The summed E-state index contributed by atoms with van der Waals surface area (Å²) >= 11 is 0. The molecule has 1 saturated heterocycles. The average Bonchev–Trinajstić information content (AvgIpc) is 2.94. The second kappa shape index (κ2) is 6.78. The molecule has 1 aliphatic rings. The van der Waals surface area contributed by atoms with Crippen LogP contribution >= 0.6 is 0 Å². The third-order valence-corrected chi connectivity index (χ3v) is 6.60. The maximum absolute atomic E-state index is 13.0. The molecule has 1 fully saturated rings. The summed E-state index contributed by atoms with van der Waals surface area (Å²) in [4.78, 5) is 2.29. The summed E-state index contributed by atoms with van der Waals surface area (Å²) < 4.78 is 33.3. The molecule has 7 nitrogen and oxygen atoms in total. The lowest BCUT2D eigenvalue weighted by Crippen LogP contribution is -2.42. The van der Waals surface area contributed by atoms with Crippen molar-refractivity contribution in [1.82, 2.24) is 14.5 Å². The summed E-state index contributed by atoms with van der Waals surface area (Å²) in [6, 6.07) is 8.00. The van der Waals surface area contributed by atoms with Gasteiger partial charge in [0.15, 0.2) is 0 Å². The molecule has 8 heteroatoms. The van der Waals surface area contributed by atoms with Gasteiger partial charge in [-0.2, -0.15) is 9.40 Å². The van der Waals surface area contributed by atoms with E-state index in [9.17, 15) is 8.42 Å². The first-order valence-corrected chi connectivity index (χ1v) is 9.65. The Morgan fingerprint density at radius 1 is 1.24 bits per heavy atom. The van der Waals surface area contributed by atoms with Crippen LogP contribution in [-0.4, -0.2) is 56.7 Å². The smallest absolute Gasteiger partial charge is 0.246 e. The molecule has 0 amide bonds. The van der Waals surface area contributed by atoms with E-state index >= 15 is 0 Å². The second-order valence-corrected chi connectivity index (χ2v) is 8.35. The zero-order valence-electron chi connectivity index (χ0n) is 15.0. The van der Waals surface area contributed by atoms with Crippen molar-refractivity contribution in [3.8, 4) is 0 Å². The molecular formula is C17H24N4O3S. The van der Waals surface area contributed by atoms with Gasteiger partial charge in [-0.25, -0.2) is 8.42 Å². The predicted molar refractivity (Wildman–Crippen MR) is 96.3 cm³/mol. The minimum atomic E-state index is -3.59. The van der Waals surface area contributed by atoms with E-state index in [0.717, 1.165) is 11.3 Å². The fourth-order valence-electron chi connectivity index (χ4n) is 3.08. The molecule has 25 heavy (non-hydrogen) atoms. The van der Waals surface area contributed by atoms with Crippen LogP contribution in [0.4, 0.5) is 5.69 Å². The fraction of sp³-hybridized carbons (Fsp3) is 0.471. The zero-order valence-corrected chi connectivity index (χ0v) is 15.8. The first-order chi connectivity index (χ1) is 11.8. The summed E-state index contributed by atoms with van der Waals surface area (Å²) in [5.41, 5.74) is 3.13. The summed E-state index contributed by atoms with van der Waals surface area (Å²) in [5, 5.41) is 6.76. The van der Waals surface area contributed by atoms with Gasteiger partial charge < -0.3 is 9.64 Å². The number of benzene rings is 1. The first-order valence-electron chi connectivity index (χ1n) is 8.21. The molecule has 1 aromatic carbocycles. The van der Waals surface area contributed by atoms with Gasteiger partial charge in [0.25, 0.3) is 0 Å². The number of nitrogens with one attached hydrogen (secondary N) is 1. The number of aryl methyl sites for hydroxylation is 2. The van der Waals surface area contributed by atoms with Gasteiger partial charge in [-0.3, -0.25) is 5.10 Å². The number of morpholine rings is 1. The monoisotopic (exact) mass is 364 g/mol. The molecule has 1 unspecified atom stereocenters. The van der Waals surface area contributed by atoms with Crippen LogP contribution < -0.4 is 4.90 Å². The SMILES string of the molecule is Cc1n[nH]c(C)c1S(=O)(=O)N1CCOC(c2ccc(N(C)C)cc2)C1. The number of nitrogens with zero attached hydrogens (tertiary/aromatic N) is 3. The Bertz CT molecular complexity index is 824. The van der Waals surface area contributed by atoms with E-state index in [-0.39, 0.29) is 11.0 Å². The third kappa shape index (κ3) is 3.42. The molecule has 1 N–H and O–H groups in total. The minimum Gasteiger partial charge on any atom is -0.378 e. The molecule has 0 aliphatic carbocycles. The Hall–Kier alpha value is -1.90. The molecule has 0 bridgehead atoms. The van der Waals surface area contributed by atoms with Gasteiger partial charge in [0.2, 0.25) is 10.0 Å². The molecule has 0 saturated carbocycles. The van der Waals surface area contributed by atoms with Crippen LogP contribution in [0, 0.1) is 13.8 Å². The number of aromatic nitrogens is 2. The lowest BCUT2D eigenvalue weighted by Gasteiger charge is -2.32. The van der Waals surface area contributed by atoms with Crippen molar-refractivity contribution in [3.63, 3.8) is 0 Å². The number of aromatic amines is 1.